The summed E-state index contributed by atoms with van der Waals surface area (Å²) in [5, 5.41) is 4.01. The molecular formula is C16H14F3N3. The van der Waals surface area contributed by atoms with Gasteiger partial charge in [0.1, 0.15) is 6.33 Å². The van der Waals surface area contributed by atoms with Crippen molar-refractivity contribution in [1.29, 1.82) is 0 Å². The van der Waals surface area contributed by atoms with Gasteiger partial charge in [-0.25, -0.2) is 22.7 Å². The van der Waals surface area contributed by atoms with Crippen molar-refractivity contribution in [2.24, 2.45) is 0 Å². The molecule has 1 aromatic carbocycles. The Morgan fingerprint density at radius 1 is 1.14 bits per heavy atom. The quantitative estimate of drug-likeness (QED) is 0.725. The Morgan fingerprint density at radius 3 is 2.45 bits per heavy atom. The van der Waals surface area contributed by atoms with Crippen molar-refractivity contribution in [2.75, 3.05) is 0 Å². The number of hydrogen-bond donors (Lipinski definition) is 0. The highest BCUT2D eigenvalue weighted by Gasteiger charge is 2.25. The Kier molecular flexibility index (Phi) is 3.39. The lowest BCUT2D eigenvalue weighted by atomic mass is 10.0. The third-order valence-electron chi connectivity index (χ3n) is 3.52. The third kappa shape index (κ3) is 2.56. The Morgan fingerprint density at radius 2 is 1.82 bits per heavy atom. The van der Waals surface area contributed by atoms with Crippen LogP contribution in [0.25, 0.3) is 5.65 Å². The van der Waals surface area contributed by atoms with Crippen LogP contribution in [0.2, 0.25) is 0 Å². The maximum absolute atomic E-state index is 14.8. The zero-order chi connectivity index (χ0) is 15.9. The monoisotopic (exact) mass is 305 g/mol. The zero-order valence-electron chi connectivity index (χ0n) is 12.1. The summed E-state index contributed by atoms with van der Waals surface area (Å²) in [5.74, 6) is -2.94. The van der Waals surface area contributed by atoms with Gasteiger partial charge >= 0.3 is 0 Å². The molecule has 0 aliphatic rings. The van der Waals surface area contributed by atoms with Crippen LogP contribution in [0.5, 0.6) is 0 Å². The lowest BCUT2D eigenvalue weighted by Crippen LogP contribution is -2.08. The molecule has 114 valence electrons. The largest absolute Gasteiger partial charge is 0.270 e. The SMILES string of the molecule is Cc1cc(C(F)c2ccc(C(C)(F)F)cc2)n2ncnc2c1. The molecule has 0 saturated heterocycles. The molecule has 0 aliphatic carbocycles. The minimum absolute atomic E-state index is 0.140. The highest BCUT2D eigenvalue weighted by atomic mass is 19.3. The van der Waals surface area contributed by atoms with Crippen LogP contribution in [-0.2, 0) is 5.92 Å². The fourth-order valence-corrected chi connectivity index (χ4v) is 2.38. The third-order valence-corrected chi connectivity index (χ3v) is 3.52. The van der Waals surface area contributed by atoms with E-state index in [1.807, 2.05) is 6.92 Å². The van der Waals surface area contributed by atoms with Crippen LogP contribution in [0.4, 0.5) is 13.2 Å². The molecule has 3 nitrogen and oxygen atoms in total. The van der Waals surface area contributed by atoms with E-state index in [-0.39, 0.29) is 5.56 Å². The van der Waals surface area contributed by atoms with Crippen molar-refractivity contribution >= 4 is 5.65 Å². The van der Waals surface area contributed by atoms with E-state index in [1.165, 1.54) is 35.1 Å². The minimum Gasteiger partial charge on any atom is -0.235 e. The number of aromatic nitrogens is 3. The molecule has 2 heterocycles. The van der Waals surface area contributed by atoms with Crippen LogP contribution in [-0.4, -0.2) is 14.6 Å². The number of nitrogens with zero attached hydrogens (tertiary/aromatic N) is 3. The van der Waals surface area contributed by atoms with Crippen LogP contribution in [0.3, 0.4) is 0 Å². The summed E-state index contributed by atoms with van der Waals surface area (Å²) in [6.45, 7) is 2.65. The molecule has 2 aromatic heterocycles. The summed E-state index contributed by atoms with van der Waals surface area (Å²) in [6.07, 6.45) is -0.116. The van der Waals surface area contributed by atoms with E-state index in [2.05, 4.69) is 10.1 Å². The molecule has 0 bridgehead atoms. The van der Waals surface area contributed by atoms with E-state index < -0.39 is 12.1 Å². The van der Waals surface area contributed by atoms with Gasteiger partial charge < -0.3 is 0 Å². The van der Waals surface area contributed by atoms with E-state index in [4.69, 9.17) is 0 Å². The number of pyridine rings is 1. The second kappa shape index (κ2) is 5.12. The summed E-state index contributed by atoms with van der Waals surface area (Å²) < 4.78 is 42.7. The molecule has 0 fully saturated rings. The number of alkyl halides is 3. The van der Waals surface area contributed by atoms with Gasteiger partial charge in [-0.2, -0.15) is 5.10 Å². The van der Waals surface area contributed by atoms with Gasteiger partial charge in [-0.15, -0.1) is 0 Å². The van der Waals surface area contributed by atoms with Gasteiger partial charge in [0.15, 0.2) is 11.8 Å². The van der Waals surface area contributed by atoms with E-state index >= 15 is 0 Å². The molecule has 3 rings (SSSR count). The fraction of sp³-hybridized carbons (Fsp3) is 0.250. The summed E-state index contributed by atoms with van der Waals surface area (Å²) >= 11 is 0. The highest BCUT2D eigenvalue weighted by molar-refractivity contribution is 5.43. The molecule has 0 saturated carbocycles. The van der Waals surface area contributed by atoms with E-state index in [0.29, 0.717) is 16.9 Å². The maximum Gasteiger partial charge on any atom is 0.270 e. The van der Waals surface area contributed by atoms with Gasteiger partial charge in [0.2, 0.25) is 0 Å². The average Bonchev–Trinajstić information content (AvgIpc) is 2.93. The van der Waals surface area contributed by atoms with Gasteiger partial charge in [0, 0.05) is 12.5 Å². The van der Waals surface area contributed by atoms with Crippen LogP contribution in [0, 0.1) is 6.92 Å². The van der Waals surface area contributed by atoms with Crippen LogP contribution in [0.1, 0.15) is 35.5 Å². The topological polar surface area (TPSA) is 30.2 Å². The van der Waals surface area contributed by atoms with E-state index in [1.54, 1.807) is 12.1 Å². The molecule has 0 aliphatic heterocycles. The smallest absolute Gasteiger partial charge is 0.235 e. The number of hydrogen-bond acceptors (Lipinski definition) is 2. The van der Waals surface area contributed by atoms with Gasteiger partial charge in [-0.05, 0) is 30.2 Å². The lowest BCUT2D eigenvalue weighted by molar-refractivity contribution is 0.0174. The first kappa shape index (κ1) is 14.6. The van der Waals surface area contributed by atoms with Crippen LogP contribution in [0.15, 0.2) is 42.7 Å². The Hall–Kier alpha value is -2.37. The molecular weight excluding hydrogens is 291 g/mol. The van der Waals surface area contributed by atoms with Crippen LogP contribution < -0.4 is 0 Å². The van der Waals surface area contributed by atoms with Crippen LogP contribution >= 0.6 is 0 Å². The molecule has 1 atom stereocenters. The first-order valence-electron chi connectivity index (χ1n) is 6.79. The van der Waals surface area contributed by atoms with Gasteiger partial charge in [0.25, 0.3) is 5.92 Å². The highest BCUT2D eigenvalue weighted by Crippen LogP contribution is 2.31. The number of aryl methyl sites for hydroxylation is 1. The van der Waals surface area contributed by atoms with Gasteiger partial charge in [-0.3, -0.25) is 0 Å². The summed E-state index contributed by atoms with van der Waals surface area (Å²) in [5.41, 5.74) is 1.89. The first-order chi connectivity index (χ1) is 10.4. The normalized spacial score (nSPS) is 13.5. The van der Waals surface area contributed by atoms with Crippen molar-refractivity contribution in [3.8, 4) is 0 Å². The number of benzene rings is 1. The number of fused-ring (bicyclic) bond motifs is 1. The summed E-state index contributed by atoms with van der Waals surface area (Å²) in [7, 11) is 0. The molecule has 1 unspecified atom stereocenters. The Bertz CT molecular complexity index is 804. The maximum atomic E-state index is 14.8. The van der Waals surface area contributed by atoms with Crippen molar-refractivity contribution in [3.63, 3.8) is 0 Å². The molecule has 22 heavy (non-hydrogen) atoms. The Labute approximate surface area is 125 Å². The van der Waals surface area contributed by atoms with Crippen molar-refractivity contribution < 1.29 is 13.2 Å². The lowest BCUT2D eigenvalue weighted by Gasteiger charge is -2.14. The second-order valence-corrected chi connectivity index (χ2v) is 5.36. The summed E-state index contributed by atoms with van der Waals surface area (Å²) in [4.78, 5) is 4.05. The molecule has 0 amide bonds. The molecule has 0 radical (unpaired) electrons. The van der Waals surface area contributed by atoms with Gasteiger partial charge in [0.05, 0.1) is 5.69 Å². The second-order valence-electron chi connectivity index (χ2n) is 5.36. The standard InChI is InChI=1S/C16H14F3N3/c1-10-7-13(22-14(8-10)20-9-21-22)15(17)11-3-5-12(6-4-11)16(2,18)19/h3-9,15H,1-2H3. The van der Waals surface area contributed by atoms with Crippen molar-refractivity contribution in [3.05, 3.63) is 65.1 Å². The van der Waals surface area contributed by atoms with Crippen molar-refractivity contribution in [1.82, 2.24) is 14.6 Å². The predicted octanol–water partition coefficient (Wildman–Crippen LogP) is 4.21. The first-order valence-corrected chi connectivity index (χ1v) is 6.79. The van der Waals surface area contributed by atoms with E-state index in [9.17, 15) is 13.2 Å². The zero-order valence-corrected chi connectivity index (χ0v) is 12.1. The number of halogens is 3. The van der Waals surface area contributed by atoms with Gasteiger partial charge in [-0.1, -0.05) is 24.3 Å². The number of rotatable bonds is 3. The summed E-state index contributed by atoms with van der Waals surface area (Å²) in [6, 6.07) is 8.72. The molecule has 0 spiro atoms. The molecule has 6 heteroatoms. The van der Waals surface area contributed by atoms with Crippen molar-refractivity contribution in [2.45, 2.75) is 25.9 Å². The average molecular weight is 305 g/mol. The van der Waals surface area contributed by atoms with E-state index in [0.717, 1.165) is 12.5 Å². The predicted molar refractivity (Wildman–Crippen MR) is 76.7 cm³/mol. The Balaban J connectivity index is 2.02. The molecule has 3 aromatic rings. The fourth-order valence-electron chi connectivity index (χ4n) is 2.38. The minimum atomic E-state index is -2.94. The molecule has 0 N–H and O–H groups in total.